The summed E-state index contributed by atoms with van der Waals surface area (Å²) in [5.41, 5.74) is 0. The number of aliphatic hydroxyl groups is 1. The summed E-state index contributed by atoms with van der Waals surface area (Å²) < 4.78 is 4.56. The van der Waals surface area contributed by atoms with Crippen molar-refractivity contribution in [3.05, 3.63) is 0 Å². The van der Waals surface area contributed by atoms with Gasteiger partial charge in [0.1, 0.15) is 0 Å². The molecule has 52 valence electrons. The highest BCUT2D eigenvalue weighted by Crippen LogP contribution is 2.21. The molecular weight excluding hydrogens is 124 g/mol. The van der Waals surface area contributed by atoms with Crippen LogP contribution in [0.1, 0.15) is 12.8 Å². The van der Waals surface area contributed by atoms with E-state index in [0.29, 0.717) is 13.0 Å². The second kappa shape index (κ2) is 1.97. The normalized spacial score (nSPS) is 34.8. The van der Waals surface area contributed by atoms with Crippen LogP contribution in [0.2, 0.25) is 0 Å². The summed E-state index contributed by atoms with van der Waals surface area (Å²) in [7, 11) is 0. The summed E-state index contributed by atoms with van der Waals surface area (Å²) >= 11 is 0. The Bertz CT molecular complexity index is 125. The van der Waals surface area contributed by atoms with Gasteiger partial charge in [-0.3, -0.25) is 0 Å². The Morgan fingerprint density at radius 1 is 1.67 bits per heavy atom. The van der Waals surface area contributed by atoms with Gasteiger partial charge in [-0.05, 0) is 6.42 Å². The van der Waals surface area contributed by atoms with Crippen molar-refractivity contribution in [2.75, 3.05) is 6.61 Å². The van der Waals surface area contributed by atoms with Crippen molar-refractivity contribution in [2.45, 2.75) is 18.6 Å². The third-order valence-electron chi connectivity index (χ3n) is 1.34. The highest BCUT2D eigenvalue weighted by molar-refractivity contribution is 5.75. The molecule has 0 aliphatic carbocycles. The average molecular weight is 132 g/mol. The number of carboxylic acid groups (broad SMARTS) is 1. The zero-order chi connectivity index (χ0) is 6.91. The molecule has 0 saturated carbocycles. The molecular formula is C5H8O4. The van der Waals surface area contributed by atoms with Crippen molar-refractivity contribution in [1.82, 2.24) is 0 Å². The molecule has 0 bridgehead atoms. The highest BCUT2D eigenvalue weighted by Gasteiger charge is 2.40. The van der Waals surface area contributed by atoms with E-state index in [4.69, 9.17) is 10.2 Å². The second-order valence-electron chi connectivity index (χ2n) is 2.04. The fraction of sp³-hybridized carbons (Fsp3) is 0.800. The maximum absolute atomic E-state index is 10.1. The van der Waals surface area contributed by atoms with Crippen LogP contribution in [0.4, 0.5) is 0 Å². The molecule has 4 heteroatoms. The summed E-state index contributed by atoms with van der Waals surface area (Å²) in [6.45, 7) is 0.336. The number of ether oxygens (including phenoxy) is 1. The van der Waals surface area contributed by atoms with Gasteiger partial charge in [0.25, 0.3) is 5.79 Å². The first-order valence-electron chi connectivity index (χ1n) is 2.75. The molecule has 1 atom stereocenters. The molecule has 4 nitrogen and oxygen atoms in total. The van der Waals surface area contributed by atoms with Gasteiger partial charge in [-0.25, -0.2) is 4.79 Å². The van der Waals surface area contributed by atoms with Crippen molar-refractivity contribution >= 4 is 5.97 Å². The summed E-state index contributed by atoms with van der Waals surface area (Å²) in [5.74, 6) is -3.18. The van der Waals surface area contributed by atoms with E-state index in [9.17, 15) is 4.79 Å². The van der Waals surface area contributed by atoms with E-state index >= 15 is 0 Å². The Morgan fingerprint density at radius 2 is 2.33 bits per heavy atom. The zero-order valence-electron chi connectivity index (χ0n) is 4.83. The first-order chi connectivity index (χ1) is 4.15. The summed E-state index contributed by atoms with van der Waals surface area (Å²) in [6.07, 6.45) is 0.811. The smallest absolute Gasteiger partial charge is 0.364 e. The van der Waals surface area contributed by atoms with Crippen molar-refractivity contribution in [3.8, 4) is 0 Å². The van der Waals surface area contributed by atoms with Gasteiger partial charge >= 0.3 is 5.97 Å². The lowest BCUT2D eigenvalue weighted by atomic mass is 10.2. The van der Waals surface area contributed by atoms with Crippen LogP contribution in [0.5, 0.6) is 0 Å². The molecule has 0 radical (unpaired) electrons. The monoisotopic (exact) mass is 132 g/mol. The van der Waals surface area contributed by atoms with Gasteiger partial charge in [-0.2, -0.15) is 0 Å². The lowest BCUT2D eigenvalue weighted by molar-refractivity contribution is -0.206. The van der Waals surface area contributed by atoms with Crippen LogP contribution in [0.25, 0.3) is 0 Å². The molecule has 1 saturated heterocycles. The predicted molar refractivity (Wildman–Crippen MR) is 27.8 cm³/mol. The molecule has 0 aromatic rings. The third kappa shape index (κ3) is 1.04. The zero-order valence-corrected chi connectivity index (χ0v) is 4.83. The summed E-state index contributed by atoms with van der Waals surface area (Å²) in [5, 5.41) is 17.2. The molecule has 1 aliphatic rings. The molecule has 2 N–H and O–H groups in total. The number of hydrogen-bond donors (Lipinski definition) is 2. The number of carbonyl (C=O) groups is 1. The van der Waals surface area contributed by atoms with E-state index in [1.54, 1.807) is 0 Å². The van der Waals surface area contributed by atoms with E-state index in [-0.39, 0.29) is 6.42 Å². The number of carboxylic acids is 1. The fourth-order valence-electron chi connectivity index (χ4n) is 0.794. The lowest BCUT2D eigenvalue weighted by Gasteiger charge is -2.13. The van der Waals surface area contributed by atoms with Crippen LogP contribution in [0.3, 0.4) is 0 Å². The first kappa shape index (κ1) is 6.51. The lowest BCUT2D eigenvalue weighted by Crippen LogP contribution is -2.37. The number of rotatable bonds is 1. The Morgan fingerprint density at radius 3 is 2.56 bits per heavy atom. The molecule has 0 spiro atoms. The van der Waals surface area contributed by atoms with Crippen molar-refractivity contribution in [2.24, 2.45) is 0 Å². The SMILES string of the molecule is O=C(O)C1(O)CCCO1. The van der Waals surface area contributed by atoms with E-state index in [2.05, 4.69) is 4.74 Å². The van der Waals surface area contributed by atoms with Gasteiger partial charge in [0.05, 0.1) is 6.61 Å². The molecule has 1 unspecified atom stereocenters. The van der Waals surface area contributed by atoms with Crippen molar-refractivity contribution in [1.29, 1.82) is 0 Å². The maximum Gasteiger partial charge on any atom is 0.364 e. The Labute approximate surface area is 52.1 Å². The number of hydrogen-bond acceptors (Lipinski definition) is 3. The first-order valence-corrected chi connectivity index (χ1v) is 2.75. The Kier molecular flexibility index (Phi) is 1.42. The molecule has 0 aromatic heterocycles. The van der Waals surface area contributed by atoms with Gasteiger partial charge in [0, 0.05) is 6.42 Å². The molecule has 0 aromatic carbocycles. The van der Waals surface area contributed by atoms with Gasteiger partial charge in [0.15, 0.2) is 0 Å². The van der Waals surface area contributed by atoms with E-state index in [1.165, 1.54) is 0 Å². The van der Waals surface area contributed by atoms with Gasteiger partial charge in [-0.1, -0.05) is 0 Å². The molecule has 1 rings (SSSR count). The van der Waals surface area contributed by atoms with Gasteiger partial charge in [0.2, 0.25) is 0 Å². The van der Waals surface area contributed by atoms with E-state index in [1.807, 2.05) is 0 Å². The van der Waals surface area contributed by atoms with Gasteiger partial charge in [-0.15, -0.1) is 0 Å². The van der Waals surface area contributed by atoms with Crippen molar-refractivity contribution in [3.63, 3.8) is 0 Å². The van der Waals surface area contributed by atoms with Gasteiger partial charge < -0.3 is 14.9 Å². The maximum atomic E-state index is 10.1. The topological polar surface area (TPSA) is 66.8 Å². The molecule has 1 fully saturated rings. The molecule has 1 heterocycles. The van der Waals surface area contributed by atoms with Crippen LogP contribution in [0, 0.1) is 0 Å². The van der Waals surface area contributed by atoms with Crippen LogP contribution >= 0.6 is 0 Å². The predicted octanol–water partition coefficient (Wildman–Crippen LogP) is -0.430. The molecule has 0 amide bonds. The summed E-state index contributed by atoms with van der Waals surface area (Å²) in [6, 6.07) is 0. The molecule has 1 aliphatic heterocycles. The van der Waals surface area contributed by atoms with Crippen LogP contribution < -0.4 is 0 Å². The Balaban J connectivity index is 2.61. The minimum absolute atomic E-state index is 0.197. The second-order valence-corrected chi connectivity index (χ2v) is 2.04. The van der Waals surface area contributed by atoms with Crippen LogP contribution in [-0.4, -0.2) is 28.6 Å². The van der Waals surface area contributed by atoms with Crippen molar-refractivity contribution < 1.29 is 19.7 Å². The Hall–Kier alpha value is -0.610. The largest absolute Gasteiger partial charge is 0.477 e. The fourth-order valence-corrected chi connectivity index (χ4v) is 0.794. The minimum atomic E-state index is -1.89. The summed E-state index contributed by atoms with van der Waals surface area (Å²) in [4.78, 5) is 10.1. The highest BCUT2D eigenvalue weighted by atomic mass is 16.6. The standard InChI is InChI=1S/C5H8O4/c6-4(7)5(8)2-1-3-9-5/h8H,1-3H2,(H,6,7). The minimum Gasteiger partial charge on any atom is -0.477 e. The molecule has 9 heavy (non-hydrogen) atoms. The average Bonchev–Trinajstić information content (AvgIpc) is 2.16. The van der Waals surface area contributed by atoms with Crippen LogP contribution in [0.15, 0.2) is 0 Å². The van der Waals surface area contributed by atoms with E-state index in [0.717, 1.165) is 0 Å². The van der Waals surface area contributed by atoms with E-state index < -0.39 is 11.8 Å². The van der Waals surface area contributed by atoms with Crippen LogP contribution in [-0.2, 0) is 9.53 Å². The number of aliphatic carboxylic acids is 1. The quantitative estimate of drug-likeness (QED) is 0.508. The third-order valence-corrected chi connectivity index (χ3v) is 1.34.